The molecule has 4 saturated heterocycles. The van der Waals surface area contributed by atoms with E-state index in [-0.39, 0.29) is 29.7 Å². The van der Waals surface area contributed by atoms with Crippen LogP contribution < -0.4 is 39.8 Å². The Morgan fingerprint density at radius 2 is 0.803 bits per heavy atom. The van der Waals surface area contributed by atoms with Gasteiger partial charge >= 0.3 is 0 Å². The number of aryl methyl sites for hydroxylation is 7. The van der Waals surface area contributed by atoms with E-state index < -0.39 is 0 Å². The van der Waals surface area contributed by atoms with Crippen LogP contribution in [0.5, 0.6) is 23.0 Å². The lowest BCUT2D eigenvalue weighted by Gasteiger charge is -2.39. The molecular formula is C103H121N11O8. The van der Waals surface area contributed by atoms with E-state index in [1.165, 1.54) is 60.8 Å². The number of ether oxygens (including phenoxy) is 4. The van der Waals surface area contributed by atoms with Gasteiger partial charge < -0.3 is 63.3 Å². The lowest BCUT2D eigenvalue weighted by molar-refractivity contribution is -0.118. The highest BCUT2D eigenvalue weighted by Gasteiger charge is 2.40. The van der Waals surface area contributed by atoms with E-state index in [9.17, 15) is 19.2 Å². The highest BCUT2D eigenvalue weighted by molar-refractivity contribution is 6.10. The van der Waals surface area contributed by atoms with Gasteiger partial charge in [0.15, 0.2) is 0 Å². The van der Waals surface area contributed by atoms with Crippen LogP contribution in [0.4, 0.5) is 5.69 Å². The summed E-state index contributed by atoms with van der Waals surface area (Å²) >= 11 is 0. The first kappa shape index (κ1) is 85.5. The summed E-state index contributed by atoms with van der Waals surface area (Å²) in [6, 6.07) is 73.4. The van der Waals surface area contributed by atoms with E-state index in [0.29, 0.717) is 49.4 Å². The molecule has 19 heteroatoms. The van der Waals surface area contributed by atoms with Crippen molar-refractivity contribution in [3.05, 3.63) is 292 Å². The third-order valence-corrected chi connectivity index (χ3v) is 25.5. The summed E-state index contributed by atoms with van der Waals surface area (Å²) in [6.07, 6.45) is 19.4. The van der Waals surface area contributed by atoms with Gasteiger partial charge in [-0.2, -0.15) is 0 Å². The number of likely N-dealkylation sites (tertiary alicyclic amines) is 1. The van der Waals surface area contributed by atoms with Gasteiger partial charge in [-0.15, -0.1) is 0 Å². The largest absolute Gasteiger partial charge is 0.495 e. The maximum Gasteiger partial charge on any atom is 0.253 e. The number of piperazine rings is 1. The number of aromatic nitrogens is 3. The zero-order valence-electron chi connectivity index (χ0n) is 72.1. The molecule has 0 spiro atoms. The summed E-state index contributed by atoms with van der Waals surface area (Å²) in [5, 5.41) is 12.1. The summed E-state index contributed by atoms with van der Waals surface area (Å²) in [6.45, 7) is 21.2. The Bertz CT molecular complexity index is 5490. The summed E-state index contributed by atoms with van der Waals surface area (Å²) in [5.41, 5.74) is 15.6. The number of nitrogens with zero attached hydrogens (tertiary/aromatic N) is 8. The molecule has 2 atom stereocenters. The Kier molecular flexibility index (Phi) is 29.0. The molecule has 0 saturated carbocycles. The van der Waals surface area contributed by atoms with Crippen molar-refractivity contribution in [3.8, 4) is 23.0 Å². The number of piperidine rings is 2. The number of anilines is 1. The molecule has 5 aliphatic heterocycles. The van der Waals surface area contributed by atoms with Crippen molar-refractivity contribution in [2.24, 2.45) is 5.92 Å². The smallest absolute Gasteiger partial charge is 0.253 e. The van der Waals surface area contributed by atoms with E-state index in [1.54, 1.807) is 21.3 Å². The van der Waals surface area contributed by atoms with Crippen LogP contribution >= 0.6 is 0 Å². The fraction of sp³-hybridized carbons (Fsp3) is 0.379. The predicted octanol–water partition coefficient (Wildman–Crippen LogP) is 17.5. The molecule has 3 aromatic heterocycles. The molecule has 2 bridgehead atoms. The first-order valence-corrected chi connectivity index (χ1v) is 44.2. The molecule has 636 valence electrons. The second-order valence-electron chi connectivity index (χ2n) is 33.8. The molecule has 3 N–H and O–H groups in total. The average molecular weight is 1640 g/mol. The van der Waals surface area contributed by atoms with E-state index >= 15 is 0 Å². The van der Waals surface area contributed by atoms with Gasteiger partial charge in [0.2, 0.25) is 5.91 Å². The Morgan fingerprint density at radius 1 is 0.402 bits per heavy atom. The van der Waals surface area contributed by atoms with E-state index in [1.807, 2.05) is 146 Å². The van der Waals surface area contributed by atoms with E-state index in [4.69, 9.17) is 18.9 Å². The fourth-order valence-corrected chi connectivity index (χ4v) is 19.3. The van der Waals surface area contributed by atoms with Crippen LogP contribution in [-0.2, 0) is 56.9 Å². The van der Waals surface area contributed by atoms with Gasteiger partial charge in [0.25, 0.3) is 17.7 Å². The highest BCUT2D eigenvalue weighted by atomic mass is 16.5. The van der Waals surface area contributed by atoms with Crippen LogP contribution in [0.15, 0.2) is 231 Å². The van der Waals surface area contributed by atoms with Crippen LogP contribution in [0.3, 0.4) is 0 Å². The van der Waals surface area contributed by atoms with Crippen LogP contribution in [0, 0.1) is 26.7 Å². The van der Waals surface area contributed by atoms with Gasteiger partial charge in [0.1, 0.15) is 29.6 Å². The molecule has 12 aromatic rings. The number of amides is 4. The zero-order chi connectivity index (χ0) is 84.3. The number of methoxy groups -OCH3 is 3. The minimum Gasteiger partial charge on any atom is -0.495 e. The molecule has 4 fully saturated rings. The average Bonchev–Trinajstić information content (AvgIpc) is 1.74. The third-order valence-electron chi connectivity index (χ3n) is 25.5. The van der Waals surface area contributed by atoms with Crippen molar-refractivity contribution in [1.82, 2.24) is 49.3 Å². The predicted molar refractivity (Wildman–Crippen MR) is 489 cm³/mol. The van der Waals surface area contributed by atoms with Gasteiger partial charge in [0, 0.05) is 150 Å². The van der Waals surface area contributed by atoms with Crippen molar-refractivity contribution in [1.29, 1.82) is 0 Å². The Labute approximate surface area is 719 Å². The molecule has 122 heavy (non-hydrogen) atoms. The number of rotatable bonds is 32. The molecule has 17 rings (SSSR count). The molecule has 0 aliphatic carbocycles. The second kappa shape index (κ2) is 41.4. The number of benzene rings is 9. The van der Waals surface area contributed by atoms with E-state index in [2.05, 4.69) is 160 Å². The molecule has 5 aliphatic rings. The van der Waals surface area contributed by atoms with Crippen molar-refractivity contribution < 1.29 is 38.1 Å². The molecule has 19 nitrogen and oxygen atoms in total. The fourth-order valence-electron chi connectivity index (χ4n) is 19.3. The van der Waals surface area contributed by atoms with E-state index in [0.717, 1.165) is 219 Å². The molecule has 9 aromatic carbocycles. The third kappa shape index (κ3) is 21.3. The number of hydrogen-bond donors (Lipinski definition) is 3. The van der Waals surface area contributed by atoms with Crippen LogP contribution in [0.25, 0.3) is 32.7 Å². The van der Waals surface area contributed by atoms with Gasteiger partial charge in [0.05, 0.1) is 61.0 Å². The molecule has 8 heterocycles. The summed E-state index contributed by atoms with van der Waals surface area (Å²) < 4.78 is 29.6. The Morgan fingerprint density at radius 3 is 1.25 bits per heavy atom. The number of carbonyl (C=O) groups is 4. The minimum absolute atomic E-state index is 0.0425. The first-order chi connectivity index (χ1) is 59.7. The van der Waals surface area contributed by atoms with Gasteiger partial charge in [-0.05, 0) is 175 Å². The zero-order valence-corrected chi connectivity index (χ0v) is 72.1. The lowest BCUT2D eigenvalue weighted by Crippen LogP contribution is -2.47. The number of nitrogens with one attached hydrogen (secondary N) is 3. The SMILES string of the molecule is COc1cccc2c(C(=O)NCc3cccc(C)c3)cn(CCCN3C4CCC3CC(CCc3ccccc3)C4)c12.COc1cccc2c(C(=O)NCc3cccc(C)c3)cn(CCCN3CCC(N4C(=O)Cc5ccccc54)CC3)c12.COc1cccc2c(C(=O)NCc3cccc(C)c3)cn(CCCN3CCN(CCOc4ccccc4)CC3)c12. The van der Waals surface area contributed by atoms with Crippen LogP contribution in [-0.4, -0.2) is 168 Å². The van der Waals surface area contributed by atoms with Gasteiger partial charge in [-0.25, -0.2) is 0 Å². The number of hydrogen-bond acceptors (Lipinski definition) is 12. The summed E-state index contributed by atoms with van der Waals surface area (Å²) in [5.74, 6) is 4.22. The van der Waals surface area contributed by atoms with Gasteiger partial charge in [-0.3, -0.25) is 29.0 Å². The number of para-hydroxylation sites is 5. The van der Waals surface area contributed by atoms with Crippen molar-refractivity contribution >= 4 is 62.0 Å². The summed E-state index contributed by atoms with van der Waals surface area (Å²) in [7, 11) is 5.08. The Hall–Kier alpha value is -11.5. The summed E-state index contributed by atoms with van der Waals surface area (Å²) in [4.78, 5) is 65.0. The second-order valence-corrected chi connectivity index (χ2v) is 33.8. The highest BCUT2D eigenvalue weighted by Crippen LogP contribution is 2.42. The molecular weight excluding hydrogens is 1520 g/mol. The topological polar surface area (TPSA) is 172 Å². The van der Waals surface area contributed by atoms with Crippen molar-refractivity contribution in [2.45, 2.75) is 155 Å². The molecule has 4 amide bonds. The maximum atomic E-state index is 13.3. The first-order valence-electron chi connectivity index (χ1n) is 44.2. The lowest BCUT2D eigenvalue weighted by atomic mass is 9.86. The minimum atomic E-state index is -0.0800. The van der Waals surface area contributed by atoms with Crippen molar-refractivity contribution in [2.75, 3.05) is 98.3 Å². The monoisotopic (exact) mass is 1640 g/mol. The molecule has 2 unspecified atom stereocenters. The quantitative estimate of drug-likeness (QED) is 0.0365. The van der Waals surface area contributed by atoms with Crippen LogP contribution in [0.1, 0.15) is 140 Å². The van der Waals surface area contributed by atoms with Crippen LogP contribution in [0.2, 0.25) is 0 Å². The maximum absolute atomic E-state index is 13.3. The standard InChI is InChI=1S/C36H43N3O2.C34H38N4O3.C33H40N4O3/c1-26-9-6-12-29(21-26)24-37-36(40)33-25-38(35-32(33)13-7-14-34(35)41-2)19-8-20-39-30-17-18-31(39)23-28(22-30)16-15-27-10-4-3-5-11-27;1-24-8-5-9-25(20-24)22-35-34(40)29-23-37(33-28(29)11-6-13-31(33)41-2)17-7-16-36-18-14-27(15-19-36)38-30-12-4-3-10-26(30)21-32(38)39;1-26-9-6-10-27(23-26)24-34-33(38)30-25-37(32-29(30)13-7-14-31(32)39-2)16-8-15-35-17-19-36(20-18-35)21-22-40-28-11-4-3-5-12-28/h3-7,9-14,21,25,28,30-31H,8,15-20,22-24H2,1-2H3,(H,37,40);3-6,8-13,20,23,27H,7,14-19,21-22H2,1-2H3,(H,35,40);3-7,9-14,23,25H,8,15-22,24H2,1-2H3,(H,34,38). The Balaban J connectivity index is 0.000000142. The number of fused-ring (bicyclic) bond motifs is 6. The molecule has 0 radical (unpaired) electrons. The number of carbonyl (C=O) groups excluding carboxylic acids is 4. The van der Waals surface area contributed by atoms with Crippen molar-refractivity contribution in [3.63, 3.8) is 0 Å². The normalized spacial score (nSPS) is 16.9. The van der Waals surface area contributed by atoms with Gasteiger partial charge in [-0.1, -0.05) is 193 Å².